The van der Waals surface area contributed by atoms with Crippen LogP contribution in [-0.4, -0.2) is 36.6 Å². The van der Waals surface area contributed by atoms with Crippen molar-refractivity contribution in [3.05, 3.63) is 59.9 Å². The molecule has 4 rings (SSSR count). The van der Waals surface area contributed by atoms with Crippen LogP contribution >= 0.6 is 0 Å². The Hall–Kier alpha value is -3.09. The molecule has 0 spiro atoms. The van der Waals surface area contributed by atoms with Gasteiger partial charge in [-0.25, -0.2) is 17.7 Å². The number of hydrogen-bond acceptors (Lipinski definition) is 5. The topological polar surface area (TPSA) is 98.5 Å². The van der Waals surface area contributed by atoms with Crippen LogP contribution < -0.4 is 4.90 Å². The van der Waals surface area contributed by atoms with Crippen molar-refractivity contribution in [2.75, 3.05) is 4.90 Å². The van der Waals surface area contributed by atoms with E-state index in [1.165, 1.54) is 24.3 Å². The summed E-state index contributed by atoms with van der Waals surface area (Å²) in [6.45, 7) is 0. The van der Waals surface area contributed by atoms with Crippen molar-refractivity contribution in [1.29, 1.82) is 5.26 Å². The molecule has 1 saturated carbocycles. The Morgan fingerprint density at radius 2 is 1.66 bits per heavy atom. The molecule has 2 aromatic carbocycles. The highest BCUT2D eigenvalue weighted by atomic mass is 32.2. The van der Waals surface area contributed by atoms with Gasteiger partial charge in [0.05, 0.1) is 28.6 Å². The Morgan fingerprint density at radius 1 is 1.03 bits per heavy atom. The third kappa shape index (κ3) is 3.41. The fourth-order valence-corrected chi connectivity index (χ4v) is 5.27. The quantitative estimate of drug-likeness (QED) is 0.700. The third-order valence-electron chi connectivity index (χ3n) is 4.98. The zero-order valence-electron chi connectivity index (χ0n) is 15.2. The van der Waals surface area contributed by atoms with Crippen LogP contribution in [-0.2, 0) is 19.6 Å². The lowest BCUT2D eigenvalue weighted by Gasteiger charge is -2.26. The van der Waals surface area contributed by atoms with Crippen molar-refractivity contribution in [2.24, 2.45) is 0 Å². The first-order chi connectivity index (χ1) is 13.8. The van der Waals surface area contributed by atoms with E-state index in [1.54, 1.807) is 0 Å². The van der Waals surface area contributed by atoms with E-state index in [-0.39, 0.29) is 23.0 Å². The molecule has 7 nitrogen and oxygen atoms in total. The van der Waals surface area contributed by atoms with E-state index in [0.29, 0.717) is 18.4 Å². The number of nitriles is 1. The minimum atomic E-state index is -4.09. The van der Waals surface area contributed by atoms with Crippen LogP contribution in [0.4, 0.5) is 10.1 Å². The summed E-state index contributed by atoms with van der Waals surface area (Å²) < 4.78 is 40.7. The van der Waals surface area contributed by atoms with Gasteiger partial charge in [0.2, 0.25) is 15.9 Å². The maximum atomic E-state index is 13.2. The Morgan fingerprint density at radius 3 is 2.21 bits per heavy atom. The summed E-state index contributed by atoms with van der Waals surface area (Å²) in [4.78, 5) is 26.5. The predicted molar refractivity (Wildman–Crippen MR) is 101 cm³/mol. The molecule has 9 heteroatoms. The number of benzene rings is 2. The van der Waals surface area contributed by atoms with Crippen LogP contribution in [0.25, 0.3) is 0 Å². The van der Waals surface area contributed by atoms with E-state index >= 15 is 0 Å². The zero-order chi connectivity index (χ0) is 20.8. The third-order valence-corrected chi connectivity index (χ3v) is 6.96. The van der Waals surface area contributed by atoms with Gasteiger partial charge in [-0.1, -0.05) is 0 Å². The molecule has 148 valence electrons. The Kier molecular flexibility index (Phi) is 4.68. The number of imide groups is 1. The highest BCUT2D eigenvalue weighted by Crippen LogP contribution is 2.38. The minimum Gasteiger partial charge on any atom is -0.274 e. The number of nitrogens with zero attached hydrogens (tertiary/aromatic N) is 3. The van der Waals surface area contributed by atoms with E-state index in [2.05, 4.69) is 0 Å². The largest absolute Gasteiger partial charge is 0.274 e. The van der Waals surface area contributed by atoms with Gasteiger partial charge in [0, 0.05) is 6.04 Å². The first-order valence-corrected chi connectivity index (χ1v) is 10.4. The molecule has 1 aliphatic carbocycles. The van der Waals surface area contributed by atoms with Crippen LogP contribution in [0.5, 0.6) is 0 Å². The van der Waals surface area contributed by atoms with Crippen LogP contribution in [0, 0.1) is 17.1 Å². The molecule has 2 aromatic rings. The Balaban J connectivity index is 1.68. The molecule has 0 radical (unpaired) electrons. The highest BCUT2D eigenvalue weighted by molar-refractivity contribution is 7.89. The first kappa shape index (κ1) is 19.2. The van der Waals surface area contributed by atoms with Crippen molar-refractivity contribution in [1.82, 2.24) is 4.31 Å². The molecule has 0 N–H and O–H groups in total. The molecule has 1 aliphatic heterocycles. The summed E-state index contributed by atoms with van der Waals surface area (Å²) in [5.41, 5.74) is 0.666. The monoisotopic (exact) mass is 413 g/mol. The number of anilines is 1. The molecule has 1 atom stereocenters. The summed E-state index contributed by atoms with van der Waals surface area (Å²) in [5, 5.41) is 8.90. The second-order valence-corrected chi connectivity index (χ2v) is 8.81. The standard InChI is InChI=1S/C20H16FN3O4S/c21-14-3-9-17(10-4-14)29(27,28)24(16-7-8-16)18-11-19(25)23(20(18)26)15-5-1-13(12-22)2-6-15/h1-6,9-10,16,18H,7-8,11H2. The van der Waals surface area contributed by atoms with Crippen molar-refractivity contribution < 1.29 is 22.4 Å². The van der Waals surface area contributed by atoms with Gasteiger partial charge in [0.15, 0.2) is 0 Å². The lowest BCUT2D eigenvalue weighted by molar-refractivity contribution is -0.122. The molecule has 2 fully saturated rings. The van der Waals surface area contributed by atoms with Gasteiger partial charge < -0.3 is 0 Å². The maximum absolute atomic E-state index is 13.2. The van der Waals surface area contributed by atoms with Gasteiger partial charge in [0.25, 0.3) is 5.91 Å². The molecule has 1 saturated heterocycles. The predicted octanol–water partition coefficient (Wildman–Crippen LogP) is 2.18. The Labute approximate surface area is 167 Å². The second kappa shape index (κ2) is 7.06. The normalized spacial score (nSPS) is 19.6. The van der Waals surface area contributed by atoms with Gasteiger partial charge in [-0.15, -0.1) is 0 Å². The van der Waals surface area contributed by atoms with Gasteiger partial charge in [0.1, 0.15) is 11.9 Å². The van der Waals surface area contributed by atoms with E-state index in [9.17, 15) is 22.4 Å². The van der Waals surface area contributed by atoms with Gasteiger partial charge in [-0.05, 0) is 61.4 Å². The molecule has 0 bridgehead atoms. The average Bonchev–Trinajstić information content (AvgIpc) is 3.48. The lowest BCUT2D eigenvalue weighted by Crippen LogP contribution is -2.46. The number of carbonyl (C=O) groups is 2. The highest BCUT2D eigenvalue weighted by Gasteiger charge is 2.51. The molecular weight excluding hydrogens is 397 g/mol. The number of carbonyl (C=O) groups excluding carboxylic acids is 2. The van der Waals surface area contributed by atoms with Crippen molar-refractivity contribution in [3.8, 4) is 6.07 Å². The Bertz CT molecular complexity index is 1120. The van der Waals surface area contributed by atoms with Crippen molar-refractivity contribution in [3.63, 3.8) is 0 Å². The maximum Gasteiger partial charge on any atom is 0.252 e. The molecule has 29 heavy (non-hydrogen) atoms. The summed E-state index contributed by atoms with van der Waals surface area (Å²) in [7, 11) is -4.09. The minimum absolute atomic E-state index is 0.122. The summed E-state index contributed by atoms with van der Waals surface area (Å²) >= 11 is 0. The van der Waals surface area contributed by atoms with Crippen LogP contribution in [0.15, 0.2) is 53.4 Å². The molecular formula is C20H16FN3O4S. The number of halogens is 1. The van der Waals surface area contributed by atoms with Crippen LogP contribution in [0.2, 0.25) is 0 Å². The van der Waals surface area contributed by atoms with Crippen molar-refractivity contribution in [2.45, 2.75) is 36.2 Å². The average molecular weight is 413 g/mol. The van der Waals surface area contributed by atoms with E-state index in [1.807, 2.05) is 6.07 Å². The molecule has 2 aliphatic rings. The van der Waals surface area contributed by atoms with Gasteiger partial charge in [-0.2, -0.15) is 9.57 Å². The van der Waals surface area contributed by atoms with Gasteiger partial charge >= 0.3 is 0 Å². The first-order valence-electron chi connectivity index (χ1n) is 8.99. The zero-order valence-corrected chi connectivity index (χ0v) is 16.0. The SMILES string of the molecule is N#Cc1ccc(N2C(=O)CC(N(C3CC3)S(=O)(=O)c3ccc(F)cc3)C2=O)cc1. The molecule has 1 heterocycles. The summed E-state index contributed by atoms with van der Waals surface area (Å²) in [6.07, 6.45) is 0.917. The van der Waals surface area contributed by atoms with Gasteiger partial charge in [-0.3, -0.25) is 9.59 Å². The van der Waals surface area contributed by atoms with E-state index in [4.69, 9.17) is 5.26 Å². The number of amides is 2. The number of sulfonamides is 1. The smallest absolute Gasteiger partial charge is 0.252 e. The van der Waals surface area contributed by atoms with E-state index in [0.717, 1.165) is 33.5 Å². The second-order valence-electron chi connectivity index (χ2n) is 6.97. The lowest BCUT2D eigenvalue weighted by atomic mass is 10.2. The van der Waals surface area contributed by atoms with Crippen LogP contribution in [0.3, 0.4) is 0 Å². The van der Waals surface area contributed by atoms with Crippen molar-refractivity contribution >= 4 is 27.5 Å². The number of rotatable bonds is 5. The molecule has 0 aromatic heterocycles. The summed E-state index contributed by atoms with van der Waals surface area (Å²) in [5.74, 6) is -1.71. The van der Waals surface area contributed by atoms with Crippen LogP contribution in [0.1, 0.15) is 24.8 Å². The summed E-state index contributed by atoms with van der Waals surface area (Å²) in [6, 6.07) is 10.8. The molecule has 1 unspecified atom stereocenters. The number of hydrogen-bond donors (Lipinski definition) is 0. The van der Waals surface area contributed by atoms with E-state index < -0.39 is 33.7 Å². The fourth-order valence-electron chi connectivity index (χ4n) is 3.45. The molecule has 2 amide bonds. The fraction of sp³-hybridized carbons (Fsp3) is 0.250.